The number of alkyl halides is 1. The largest absolute Gasteiger partial charge is 0.489 e. The molecule has 1 fully saturated rings. The number of ether oxygens (including phenoxy) is 2. The average Bonchev–Trinajstić information content (AvgIpc) is 2.73. The normalized spacial score (nSPS) is 23.3. The van der Waals surface area contributed by atoms with Gasteiger partial charge in [0, 0.05) is 5.33 Å². The summed E-state index contributed by atoms with van der Waals surface area (Å²) in [5, 5.41) is 0.827. The highest BCUT2D eigenvalue weighted by Gasteiger charge is 2.23. The fourth-order valence-corrected chi connectivity index (χ4v) is 3.85. The molecule has 0 amide bonds. The number of benzene rings is 1. The number of halogens is 3. The van der Waals surface area contributed by atoms with E-state index in [1.165, 1.54) is 5.56 Å². The predicted octanol–water partition coefficient (Wildman–Crippen LogP) is 5.05. The molecule has 0 saturated carbocycles. The molecule has 1 aromatic rings. The third kappa shape index (κ3) is 3.71. The first kappa shape index (κ1) is 14.8. The zero-order chi connectivity index (χ0) is 13.1. The van der Waals surface area contributed by atoms with Crippen molar-refractivity contribution in [1.82, 2.24) is 0 Å². The Morgan fingerprint density at radius 1 is 1.28 bits per heavy atom. The molecule has 1 aromatic carbocycles. The Labute approximate surface area is 133 Å². The molecule has 0 radical (unpaired) electrons. The number of rotatable bonds is 4. The zero-order valence-corrected chi connectivity index (χ0v) is 14.8. The van der Waals surface area contributed by atoms with E-state index in [2.05, 4.69) is 66.8 Å². The van der Waals surface area contributed by atoms with Gasteiger partial charge >= 0.3 is 0 Å². The van der Waals surface area contributed by atoms with Crippen molar-refractivity contribution in [1.29, 1.82) is 0 Å². The third-order valence-corrected chi connectivity index (χ3v) is 4.77. The van der Waals surface area contributed by atoms with E-state index in [4.69, 9.17) is 9.47 Å². The van der Waals surface area contributed by atoms with E-state index in [1.54, 1.807) is 0 Å². The van der Waals surface area contributed by atoms with Crippen molar-refractivity contribution in [3.05, 3.63) is 26.6 Å². The van der Waals surface area contributed by atoms with Gasteiger partial charge in [-0.2, -0.15) is 0 Å². The number of hydrogen-bond acceptors (Lipinski definition) is 2. The molecule has 0 spiro atoms. The fourth-order valence-electron chi connectivity index (χ4n) is 2.01. The summed E-state index contributed by atoms with van der Waals surface area (Å²) in [6.45, 7) is 2.71. The maximum atomic E-state index is 5.87. The maximum Gasteiger partial charge on any atom is 0.147 e. The fraction of sp³-hybridized carbons (Fsp3) is 0.538. The Bertz CT molecular complexity index is 400. The van der Waals surface area contributed by atoms with Gasteiger partial charge in [0.1, 0.15) is 12.4 Å². The molecular weight excluding hydrogens is 428 g/mol. The van der Waals surface area contributed by atoms with Crippen LogP contribution >= 0.6 is 47.8 Å². The summed E-state index contributed by atoms with van der Waals surface area (Å²) in [6, 6.07) is 4.12. The lowest BCUT2D eigenvalue weighted by Gasteiger charge is -2.15. The van der Waals surface area contributed by atoms with Crippen LogP contribution in [0.1, 0.15) is 25.3 Å². The smallest absolute Gasteiger partial charge is 0.147 e. The molecular formula is C13H15Br3O2. The standard InChI is InChI=1S/C13H15Br3O2/c1-8-2-3-10(18-8)7-17-13-11(15)4-9(6-14)5-12(13)16/h4-5,8,10H,2-3,6-7H2,1H3. The van der Waals surface area contributed by atoms with Crippen LogP contribution in [0.2, 0.25) is 0 Å². The molecule has 2 nitrogen and oxygen atoms in total. The van der Waals surface area contributed by atoms with Crippen LogP contribution in [0.25, 0.3) is 0 Å². The molecule has 2 rings (SSSR count). The maximum absolute atomic E-state index is 5.87. The van der Waals surface area contributed by atoms with E-state index in [1.807, 2.05) is 0 Å². The summed E-state index contributed by atoms with van der Waals surface area (Å²) in [7, 11) is 0. The van der Waals surface area contributed by atoms with Gasteiger partial charge in [0.25, 0.3) is 0 Å². The SMILES string of the molecule is CC1CCC(COc2c(Br)cc(CBr)cc2Br)O1. The van der Waals surface area contributed by atoms with Crippen LogP contribution in [0.3, 0.4) is 0 Å². The molecule has 0 aliphatic carbocycles. The van der Waals surface area contributed by atoms with Crippen molar-refractivity contribution < 1.29 is 9.47 Å². The average molecular weight is 443 g/mol. The summed E-state index contributed by atoms with van der Waals surface area (Å²) in [5.41, 5.74) is 1.20. The Kier molecular flexibility index (Phi) is 5.54. The van der Waals surface area contributed by atoms with Crippen LogP contribution in [0.4, 0.5) is 0 Å². The molecule has 0 bridgehead atoms. The highest BCUT2D eigenvalue weighted by Crippen LogP contribution is 2.36. The minimum absolute atomic E-state index is 0.217. The lowest BCUT2D eigenvalue weighted by Crippen LogP contribution is -2.18. The molecule has 0 N–H and O–H groups in total. The second-order valence-corrected chi connectivity index (χ2v) is 6.75. The zero-order valence-electron chi connectivity index (χ0n) is 10.1. The van der Waals surface area contributed by atoms with E-state index in [-0.39, 0.29) is 6.10 Å². The summed E-state index contributed by atoms with van der Waals surface area (Å²) >= 11 is 10.5. The Morgan fingerprint density at radius 3 is 2.44 bits per heavy atom. The summed E-state index contributed by atoms with van der Waals surface area (Å²) in [5.74, 6) is 0.850. The van der Waals surface area contributed by atoms with Gasteiger partial charge in [-0.3, -0.25) is 0 Å². The van der Waals surface area contributed by atoms with Gasteiger partial charge in [-0.25, -0.2) is 0 Å². The first-order valence-electron chi connectivity index (χ1n) is 5.92. The monoisotopic (exact) mass is 440 g/mol. The van der Waals surface area contributed by atoms with Gasteiger partial charge in [0.15, 0.2) is 0 Å². The van der Waals surface area contributed by atoms with Gasteiger partial charge in [0.05, 0.1) is 21.2 Å². The van der Waals surface area contributed by atoms with Crippen molar-refractivity contribution in [3.63, 3.8) is 0 Å². The van der Waals surface area contributed by atoms with Gasteiger partial charge in [-0.15, -0.1) is 0 Å². The van der Waals surface area contributed by atoms with Crippen LogP contribution in [0.5, 0.6) is 5.75 Å². The Morgan fingerprint density at radius 2 is 1.94 bits per heavy atom. The predicted molar refractivity (Wildman–Crippen MR) is 83.5 cm³/mol. The highest BCUT2D eigenvalue weighted by atomic mass is 79.9. The second-order valence-electron chi connectivity index (χ2n) is 4.48. The van der Waals surface area contributed by atoms with E-state index >= 15 is 0 Å². The van der Waals surface area contributed by atoms with Crippen LogP contribution in [-0.4, -0.2) is 18.8 Å². The minimum Gasteiger partial charge on any atom is -0.489 e. The van der Waals surface area contributed by atoms with Crippen molar-refractivity contribution in [3.8, 4) is 5.75 Å². The highest BCUT2D eigenvalue weighted by molar-refractivity contribution is 9.11. The lowest BCUT2D eigenvalue weighted by molar-refractivity contribution is 0.0261. The Balaban J connectivity index is 2.01. The second kappa shape index (κ2) is 6.73. The van der Waals surface area contributed by atoms with Crippen LogP contribution < -0.4 is 4.74 Å². The lowest BCUT2D eigenvalue weighted by atomic mass is 10.2. The van der Waals surface area contributed by atoms with E-state index in [0.29, 0.717) is 12.7 Å². The molecule has 2 unspecified atom stereocenters. The van der Waals surface area contributed by atoms with Gasteiger partial charge in [-0.05, 0) is 69.3 Å². The molecule has 5 heteroatoms. The molecule has 1 aliphatic rings. The van der Waals surface area contributed by atoms with Gasteiger partial charge in [0.2, 0.25) is 0 Å². The summed E-state index contributed by atoms with van der Waals surface area (Å²) in [6.07, 6.45) is 2.78. The van der Waals surface area contributed by atoms with E-state index in [9.17, 15) is 0 Å². The van der Waals surface area contributed by atoms with Crippen molar-refractivity contribution in [2.75, 3.05) is 6.61 Å². The summed E-state index contributed by atoms with van der Waals surface area (Å²) < 4.78 is 13.5. The van der Waals surface area contributed by atoms with Gasteiger partial charge in [-0.1, -0.05) is 15.9 Å². The van der Waals surface area contributed by atoms with E-state index < -0.39 is 0 Å². The van der Waals surface area contributed by atoms with Crippen LogP contribution in [0, 0.1) is 0 Å². The third-order valence-electron chi connectivity index (χ3n) is 2.95. The van der Waals surface area contributed by atoms with Crippen molar-refractivity contribution in [2.24, 2.45) is 0 Å². The molecule has 1 heterocycles. The van der Waals surface area contributed by atoms with Crippen LogP contribution in [-0.2, 0) is 10.1 Å². The first-order chi connectivity index (χ1) is 8.60. The van der Waals surface area contributed by atoms with Crippen molar-refractivity contribution in [2.45, 2.75) is 37.3 Å². The van der Waals surface area contributed by atoms with Crippen molar-refractivity contribution >= 4 is 47.8 Å². The molecule has 2 atom stereocenters. The Hall–Kier alpha value is 0.420. The number of hydrogen-bond donors (Lipinski definition) is 0. The van der Waals surface area contributed by atoms with Gasteiger partial charge < -0.3 is 9.47 Å². The minimum atomic E-state index is 0.217. The topological polar surface area (TPSA) is 18.5 Å². The van der Waals surface area contributed by atoms with Crippen LogP contribution in [0.15, 0.2) is 21.1 Å². The first-order valence-corrected chi connectivity index (χ1v) is 8.63. The molecule has 100 valence electrons. The van der Waals surface area contributed by atoms with E-state index in [0.717, 1.165) is 32.9 Å². The quantitative estimate of drug-likeness (QED) is 0.607. The molecule has 1 aliphatic heterocycles. The molecule has 1 saturated heterocycles. The molecule has 0 aromatic heterocycles. The summed E-state index contributed by atoms with van der Waals surface area (Å²) in [4.78, 5) is 0. The molecule has 18 heavy (non-hydrogen) atoms.